The van der Waals surface area contributed by atoms with Gasteiger partial charge in [0, 0.05) is 5.69 Å². The van der Waals surface area contributed by atoms with Crippen LogP contribution in [0.15, 0.2) is 84.9 Å². The molecular weight excluding hydrogens is 346 g/mol. The first kappa shape index (κ1) is 18.3. The highest BCUT2D eigenvalue weighted by atomic mass is 16.5. The van der Waals surface area contributed by atoms with Gasteiger partial charge in [-0.2, -0.15) is 0 Å². The van der Waals surface area contributed by atoms with Crippen molar-refractivity contribution in [2.75, 3.05) is 11.5 Å². The molecule has 1 heterocycles. The third-order valence-corrected chi connectivity index (χ3v) is 5.28. The maximum atomic E-state index is 13.1. The number of carbonyl (C=O) groups is 1. The van der Waals surface area contributed by atoms with Crippen molar-refractivity contribution in [1.82, 2.24) is 0 Å². The van der Waals surface area contributed by atoms with Gasteiger partial charge in [-0.15, -0.1) is 0 Å². The summed E-state index contributed by atoms with van der Waals surface area (Å²) in [6.07, 6.45) is 2.17. The minimum absolute atomic E-state index is 0.0120. The van der Waals surface area contributed by atoms with Crippen molar-refractivity contribution in [2.24, 2.45) is 0 Å². The predicted molar refractivity (Wildman–Crippen MR) is 113 cm³/mol. The molecule has 142 valence electrons. The number of anilines is 1. The third-order valence-electron chi connectivity index (χ3n) is 5.28. The van der Waals surface area contributed by atoms with E-state index >= 15 is 0 Å². The highest BCUT2D eigenvalue weighted by Crippen LogP contribution is 2.48. The van der Waals surface area contributed by atoms with Crippen LogP contribution in [0, 0.1) is 0 Å². The lowest BCUT2D eigenvalue weighted by molar-refractivity contribution is -0.126. The quantitative estimate of drug-likeness (QED) is 0.392. The number of amides is 1. The van der Waals surface area contributed by atoms with E-state index < -0.39 is 0 Å². The topological polar surface area (TPSA) is 29.5 Å². The van der Waals surface area contributed by atoms with Gasteiger partial charge in [0.15, 0.2) is 0 Å². The van der Waals surface area contributed by atoms with Gasteiger partial charge < -0.3 is 9.64 Å². The first-order valence-electron chi connectivity index (χ1n) is 9.95. The Morgan fingerprint density at radius 2 is 1.46 bits per heavy atom. The molecule has 28 heavy (non-hydrogen) atoms. The molecule has 0 saturated carbocycles. The molecule has 2 atom stereocenters. The number of hydrogen-bond acceptors (Lipinski definition) is 2. The SMILES string of the molecule is CCCCOc1ccc(C2C(c3ccccc3)C(=O)N2c2ccccc2)cc1. The number of unbranched alkanes of at least 4 members (excludes halogenated alkanes) is 1. The van der Waals surface area contributed by atoms with Crippen molar-refractivity contribution in [1.29, 1.82) is 0 Å². The molecular formula is C25H25NO2. The van der Waals surface area contributed by atoms with E-state index in [-0.39, 0.29) is 17.9 Å². The molecule has 4 rings (SSSR count). The molecule has 3 heteroatoms. The summed E-state index contributed by atoms with van der Waals surface area (Å²) in [4.78, 5) is 15.0. The number of carbonyl (C=O) groups excluding carboxylic acids is 1. The monoisotopic (exact) mass is 371 g/mol. The van der Waals surface area contributed by atoms with Crippen molar-refractivity contribution in [3.05, 3.63) is 96.1 Å². The van der Waals surface area contributed by atoms with Gasteiger partial charge in [0.05, 0.1) is 18.6 Å². The van der Waals surface area contributed by atoms with Crippen molar-refractivity contribution >= 4 is 11.6 Å². The van der Waals surface area contributed by atoms with Crippen LogP contribution in [0.4, 0.5) is 5.69 Å². The number of hydrogen-bond donors (Lipinski definition) is 0. The van der Waals surface area contributed by atoms with Crippen molar-refractivity contribution in [2.45, 2.75) is 31.7 Å². The summed E-state index contributed by atoms with van der Waals surface area (Å²) in [5.74, 6) is 0.865. The number of benzene rings is 3. The van der Waals surface area contributed by atoms with Gasteiger partial charge in [-0.1, -0.05) is 74.0 Å². The summed E-state index contributed by atoms with van der Waals surface area (Å²) in [5.41, 5.74) is 3.13. The zero-order valence-electron chi connectivity index (χ0n) is 16.1. The Hall–Kier alpha value is -3.07. The van der Waals surface area contributed by atoms with Crippen molar-refractivity contribution in [3.63, 3.8) is 0 Å². The summed E-state index contributed by atoms with van der Waals surface area (Å²) >= 11 is 0. The fourth-order valence-corrected chi connectivity index (χ4v) is 3.79. The van der Waals surface area contributed by atoms with Gasteiger partial charge >= 0.3 is 0 Å². The maximum Gasteiger partial charge on any atom is 0.237 e. The molecule has 1 aliphatic heterocycles. The first-order valence-corrected chi connectivity index (χ1v) is 9.95. The Morgan fingerprint density at radius 3 is 2.11 bits per heavy atom. The Labute approximate surface area is 166 Å². The van der Waals surface area contributed by atoms with E-state index in [0.29, 0.717) is 0 Å². The predicted octanol–water partition coefficient (Wildman–Crippen LogP) is 5.74. The Balaban J connectivity index is 1.64. The largest absolute Gasteiger partial charge is 0.494 e. The van der Waals surface area contributed by atoms with Crippen LogP contribution in [0.3, 0.4) is 0 Å². The van der Waals surface area contributed by atoms with E-state index in [1.807, 2.05) is 77.7 Å². The lowest BCUT2D eigenvalue weighted by Crippen LogP contribution is -2.53. The summed E-state index contributed by atoms with van der Waals surface area (Å²) < 4.78 is 5.80. The van der Waals surface area contributed by atoms with E-state index in [1.165, 1.54) is 0 Å². The number of ether oxygens (including phenoxy) is 1. The van der Waals surface area contributed by atoms with Gasteiger partial charge in [0.25, 0.3) is 0 Å². The minimum atomic E-state index is -0.159. The minimum Gasteiger partial charge on any atom is -0.494 e. The fourth-order valence-electron chi connectivity index (χ4n) is 3.79. The zero-order valence-corrected chi connectivity index (χ0v) is 16.1. The Morgan fingerprint density at radius 1 is 0.821 bits per heavy atom. The van der Waals surface area contributed by atoms with E-state index in [0.717, 1.165) is 42.0 Å². The van der Waals surface area contributed by atoms with Gasteiger partial charge in [-0.05, 0) is 41.8 Å². The second-order valence-corrected chi connectivity index (χ2v) is 7.15. The van der Waals surface area contributed by atoms with Crippen LogP contribution in [0.1, 0.15) is 42.9 Å². The summed E-state index contributed by atoms with van der Waals surface area (Å²) in [7, 11) is 0. The van der Waals surface area contributed by atoms with E-state index in [2.05, 4.69) is 19.1 Å². The molecule has 0 spiro atoms. The highest BCUT2D eigenvalue weighted by molar-refractivity contribution is 6.06. The van der Waals surface area contributed by atoms with Crippen LogP contribution < -0.4 is 9.64 Å². The molecule has 1 amide bonds. The summed E-state index contributed by atoms with van der Waals surface area (Å²) in [5, 5.41) is 0. The summed E-state index contributed by atoms with van der Waals surface area (Å²) in [6, 6.07) is 28.2. The molecule has 1 aliphatic rings. The van der Waals surface area contributed by atoms with E-state index in [1.54, 1.807) is 0 Å². The van der Waals surface area contributed by atoms with Crippen LogP contribution in [-0.4, -0.2) is 12.5 Å². The average molecular weight is 371 g/mol. The smallest absolute Gasteiger partial charge is 0.237 e. The van der Waals surface area contributed by atoms with Gasteiger partial charge in [-0.25, -0.2) is 0 Å². The van der Waals surface area contributed by atoms with Crippen molar-refractivity contribution < 1.29 is 9.53 Å². The number of β-lactam (4-membered cyclic amide) rings is 1. The molecule has 2 unspecified atom stereocenters. The van der Waals surface area contributed by atoms with Crippen molar-refractivity contribution in [3.8, 4) is 5.75 Å². The van der Waals surface area contributed by atoms with Crippen LogP contribution >= 0.6 is 0 Å². The van der Waals surface area contributed by atoms with Gasteiger partial charge in [0.2, 0.25) is 5.91 Å². The van der Waals surface area contributed by atoms with Crippen LogP contribution in [0.2, 0.25) is 0 Å². The molecule has 3 aromatic carbocycles. The Kier molecular flexibility index (Phi) is 5.43. The molecule has 0 aliphatic carbocycles. The lowest BCUT2D eigenvalue weighted by Gasteiger charge is -2.47. The number of para-hydroxylation sites is 1. The standard InChI is InChI=1S/C25H25NO2/c1-2-3-18-28-22-16-14-20(15-17-22)24-23(19-10-6-4-7-11-19)25(27)26(24)21-12-8-5-9-13-21/h4-17,23-24H,2-3,18H2,1H3. The van der Waals surface area contributed by atoms with E-state index in [4.69, 9.17) is 4.74 Å². The normalized spacial score (nSPS) is 18.6. The fraction of sp³-hybridized carbons (Fsp3) is 0.240. The number of nitrogens with zero attached hydrogens (tertiary/aromatic N) is 1. The summed E-state index contributed by atoms with van der Waals surface area (Å²) in [6.45, 7) is 2.89. The molecule has 0 radical (unpaired) electrons. The maximum absolute atomic E-state index is 13.1. The average Bonchev–Trinajstić information content (AvgIpc) is 2.74. The van der Waals surface area contributed by atoms with Crippen LogP contribution in [0.25, 0.3) is 0 Å². The van der Waals surface area contributed by atoms with Crippen LogP contribution in [0.5, 0.6) is 5.75 Å². The second-order valence-electron chi connectivity index (χ2n) is 7.15. The molecule has 3 nitrogen and oxygen atoms in total. The zero-order chi connectivity index (χ0) is 19.3. The van der Waals surface area contributed by atoms with E-state index in [9.17, 15) is 4.79 Å². The highest BCUT2D eigenvalue weighted by Gasteiger charge is 2.49. The lowest BCUT2D eigenvalue weighted by atomic mass is 9.77. The van der Waals surface area contributed by atoms with Gasteiger partial charge in [-0.3, -0.25) is 4.79 Å². The molecule has 0 aromatic heterocycles. The van der Waals surface area contributed by atoms with Gasteiger partial charge in [0.1, 0.15) is 5.75 Å². The molecule has 3 aromatic rings. The van der Waals surface area contributed by atoms with Crippen LogP contribution in [-0.2, 0) is 4.79 Å². The molecule has 1 saturated heterocycles. The molecule has 1 fully saturated rings. The second kappa shape index (κ2) is 8.30. The molecule has 0 N–H and O–H groups in total. The first-order chi connectivity index (χ1) is 13.8. The molecule has 0 bridgehead atoms. The Bertz CT molecular complexity index is 857. The third kappa shape index (κ3) is 3.53. The number of rotatable bonds is 7.